The van der Waals surface area contributed by atoms with Crippen LogP contribution in [0.3, 0.4) is 0 Å². The topological polar surface area (TPSA) is 34.0 Å². The molecule has 1 aromatic carbocycles. The predicted octanol–water partition coefficient (Wildman–Crippen LogP) is 2.75. The molecular weight excluding hydrogens is 256 g/mol. The summed E-state index contributed by atoms with van der Waals surface area (Å²) in [5.74, 6) is -0.175. The predicted molar refractivity (Wildman–Crippen MR) is 80.5 cm³/mol. The molecule has 0 unspecified atom stereocenters. The van der Waals surface area contributed by atoms with Gasteiger partial charge in [0.25, 0.3) is 5.91 Å². The maximum Gasteiger partial charge on any atom is 0.256 e. The van der Waals surface area contributed by atoms with E-state index in [1.54, 1.807) is 12.1 Å². The van der Waals surface area contributed by atoms with E-state index in [9.17, 15) is 4.79 Å². The molecule has 2 rings (SSSR count). The third-order valence-electron chi connectivity index (χ3n) is 3.28. The lowest BCUT2D eigenvalue weighted by atomic mass is 10.2. The number of aryl methyl sites for hydroxylation is 1. The molecule has 0 radical (unpaired) electrons. The SMILES string of the molecule is Cc1cc(C(=S)NC(=O)c2ccccc2)c(C)n1C. The summed E-state index contributed by atoms with van der Waals surface area (Å²) in [4.78, 5) is 12.5. The highest BCUT2D eigenvalue weighted by atomic mass is 32.1. The van der Waals surface area contributed by atoms with Gasteiger partial charge in [-0.05, 0) is 32.0 Å². The zero-order chi connectivity index (χ0) is 14.0. The normalized spacial score (nSPS) is 10.3. The minimum absolute atomic E-state index is 0.175. The van der Waals surface area contributed by atoms with Crippen LogP contribution in [0, 0.1) is 13.8 Å². The Bertz CT molecular complexity index is 629. The van der Waals surface area contributed by atoms with Crippen LogP contribution in [-0.2, 0) is 7.05 Å². The molecule has 19 heavy (non-hydrogen) atoms. The molecule has 0 saturated carbocycles. The van der Waals surface area contributed by atoms with Gasteiger partial charge >= 0.3 is 0 Å². The third kappa shape index (κ3) is 2.74. The van der Waals surface area contributed by atoms with E-state index in [4.69, 9.17) is 12.2 Å². The maximum atomic E-state index is 12.0. The molecule has 1 aromatic heterocycles. The van der Waals surface area contributed by atoms with Crippen molar-refractivity contribution in [2.75, 3.05) is 0 Å². The summed E-state index contributed by atoms with van der Waals surface area (Å²) in [6.45, 7) is 4.00. The van der Waals surface area contributed by atoms with Crippen molar-refractivity contribution < 1.29 is 4.79 Å². The van der Waals surface area contributed by atoms with Crippen molar-refractivity contribution in [1.82, 2.24) is 9.88 Å². The van der Waals surface area contributed by atoms with Crippen LogP contribution in [0.25, 0.3) is 0 Å². The average Bonchev–Trinajstić information content (AvgIpc) is 2.67. The van der Waals surface area contributed by atoms with Crippen LogP contribution in [0.15, 0.2) is 36.4 Å². The standard InChI is InChI=1S/C15H16N2OS/c1-10-9-13(11(2)17(10)3)15(19)16-14(18)12-7-5-4-6-8-12/h4-9H,1-3H3,(H,16,18,19). The molecule has 2 aromatic rings. The largest absolute Gasteiger partial charge is 0.351 e. The van der Waals surface area contributed by atoms with Crippen LogP contribution in [0.1, 0.15) is 27.3 Å². The van der Waals surface area contributed by atoms with Crippen molar-refractivity contribution in [2.45, 2.75) is 13.8 Å². The van der Waals surface area contributed by atoms with Gasteiger partial charge in [-0.3, -0.25) is 4.79 Å². The number of carbonyl (C=O) groups excluding carboxylic acids is 1. The number of carbonyl (C=O) groups is 1. The van der Waals surface area contributed by atoms with E-state index >= 15 is 0 Å². The van der Waals surface area contributed by atoms with E-state index in [0.717, 1.165) is 17.0 Å². The minimum atomic E-state index is -0.175. The number of aromatic nitrogens is 1. The Morgan fingerprint density at radius 1 is 1.21 bits per heavy atom. The quantitative estimate of drug-likeness (QED) is 0.853. The molecule has 0 bridgehead atoms. The van der Waals surface area contributed by atoms with E-state index in [-0.39, 0.29) is 5.91 Å². The Hall–Kier alpha value is -1.94. The van der Waals surface area contributed by atoms with Gasteiger partial charge in [0, 0.05) is 29.6 Å². The zero-order valence-corrected chi connectivity index (χ0v) is 12.0. The summed E-state index contributed by atoms with van der Waals surface area (Å²) in [5, 5.41) is 2.77. The molecule has 0 saturated heterocycles. The van der Waals surface area contributed by atoms with Crippen molar-refractivity contribution in [3.63, 3.8) is 0 Å². The second kappa shape index (κ2) is 5.36. The van der Waals surface area contributed by atoms with Crippen molar-refractivity contribution in [2.24, 2.45) is 7.05 Å². The second-order valence-electron chi connectivity index (χ2n) is 4.49. The Kier molecular flexibility index (Phi) is 3.81. The van der Waals surface area contributed by atoms with Gasteiger partial charge in [0.05, 0.1) is 0 Å². The van der Waals surface area contributed by atoms with Gasteiger partial charge in [0.15, 0.2) is 0 Å². The van der Waals surface area contributed by atoms with Gasteiger partial charge in [0.2, 0.25) is 0 Å². The van der Waals surface area contributed by atoms with Crippen LogP contribution < -0.4 is 5.32 Å². The Labute approximate surface area is 118 Å². The number of hydrogen-bond donors (Lipinski definition) is 1. The number of nitrogens with zero attached hydrogens (tertiary/aromatic N) is 1. The summed E-state index contributed by atoms with van der Waals surface area (Å²) in [6.07, 6.45) is 0. The fourth-order valence-corrected chi connectivity index (χ4v) is 2.22. The number of hydrogen-bond acceptors (Lipinski definition) is 2. The van der Waals surface area contributed by atoms with E-state index in [1.807, 2.05) is 45.2 Å². The summed E-state index contributed by atoms with van der Waals surface area (Å²) < 4.78 is 2.05. The molecule has 0 spiro atoms. The molecule has 0 aliphatic carbocycles. The van der Waals surface area contributed by atoms with Gasteiger partial charge in [-0.2, -0.15) is 0 Å². The lowest BCUT2D eigenvalue weighted by Crippen LogP contribution is -2.29. The molecule has 1 N–H and O–H groups in total. The fraction of sp³-hybridized carbons (Fsp3) is 0.200. The summed E-state index contributed by atoms with van der Waals surface area (Å²) >= 11 is 5.31. The average molecular weight is 272 g/mol. The smallest absolute Gasteiger partial charge is 0.256 e. The van der Waals surface area contributed by atoms with Crippen LogP contribution in [0.4, 0.5) is 0 Å². The molecule has 0 fully saturated rings. The van der Waals surface area contributed by atoms with Crippen molar-refractivity contribution in [1.29, 1.82) is 0 Å². The Balaban J connectivity index is 2.18. The highest BCUT2D eigenvalue weighted by Crippen LogP contribution is 2.14. The van der Waals surface area contributed by atoms with Crippen LogP contribution in [0.5, 0.6) is 0 Å². The van der Waals surface area contributed by atoms with E-state index in [0.29, 0.717) is 10.6 Å². The lowest BCUT2D eigenvalue weighted by Gasteiger charge is -2.07. The molecule has 4 heteroatoms. The molecule has 98 valence electrons. The molecule has 0 atom stereocenters. The van der Waals surface area contributed by atoms with Crippen molar-refractivity contribution in [3.05, 3.63) is 58.9 Å². The first kappa shape index (κ1) is 13.5. The number of benzene rings is 1. The molecule has 0 aliphatic rings. The molecular formula is C15H16N2OS. The van der Waals surface area contributed by atoms with Gasteiger partial charge in [-0.1, -0.05) is 30.4 Å². The number of rotatable bonds is 2. The van der Waals surface area contributed by atoms with Crippen molar-refractivity contribution in [3.8, 4) is 0 Å². The fourth-order valence-electron chi connectivity index (χ4n) is 1.92. The zero-order valence-electron chi connectivity index (χ0n) is 11.2. The first-order valence-electron chi connectivity index (χ1n) is 6.04. The summed E-state index contributed by atoms with van der Waals surface area (Å²) in [6, 6.07) is 11.1. The Morgan fingerprint density at radius 2 is 1.84 bits per heavy atom. The second-order valence-corrected chi connectivity index (χ2v) is 4.90. The number of amides is 1. The highest BCUT2D eigenvalue weighted by molar-refractivity contribution is 7.80. The highest BCUT2D eigenvalue weighted by Gasteiger charge is 2.13. The molecule has 0 aliphatic heterocycles. The van der Waals surface area contributed by atoms with Crippen LogP contribution in [-0.4, -0.2) is 15.5 Å². The molecule has 3 nitrogen and oxygen atoms in total. The van der Waals surface area contributed by atoms with Crippen molar-refractivity contribution >= 4 is 23.1 Å². The monoisotopic (exact) mass is 272 g/mol. The first-order valence-corrected chi connectivity index (χ1v) is 6.45. The van der Waals surface area contributed by atoms with E-state index in [2.05, 4.69) is 9.88 Å². The van der Waals surface area contributed by atoms with Gasteiger partial charge in [-0.25, -0.2) is 0 Å². The molecule has 1 amide bonds. The third-order valence-corrected chi connectivity index (χ3v) is 3.60. The minimum Gasteiger partial charge on any atom is -0.351 e. The van der Waals surface area contributed by atoms with Gasteiger partial charge in [-0.15, -0.1) is 0 Å². The lowest BCUT2D eigenvalue weighted by molar-refractivity contribution is 0.0978. The van der Waals surface area contributed by atoms with Crippen LogP contribution >= 0.6 is 12.2 Å². The van der Waals surface area contributed by atoms with E-state index < -0.39 is 0 Å². The number of thiocarbonyl (C=S) groups is 1. The first-order chi connectivity index (χ1) is 9.00. The summed E-state index contributed by atoms with van der Waals surface area (Å²) in [7, 11) is 1.98. The van der Waals surface area contributed by atoms with E-state index in [1.165, 1.54) is 0 Å². The van der Waals surface area contributed by atoms with Gasteiger partial charge in [0.1, 0.15) is 4.99 Å². The van der Waals surface area contributed by atoms with Crippen LogP contribution in [0.2, 0.25) is 0 Å². The number of nitrogens with one attached hydrogen (secondary N) is 1. The molecule has 1 heterocycles. The summed E-state index contributed by atoms with van der Waals surface area (Å²) in [5.41, 5.74) is 3.68. The Morgan fingerprint density at radius 3 is 2.37 bits per heavy atom. The van der Waals surface area contributed by atoms with Gasteiger partial charge < -0.3 is 9.88 Å². The maximum absolute atomic E-state index is 12.0.